The second kappa shape index (κ2) is 6.81. The van der Waals surface area contributed by atoms with Gasteiger partial charge in [-0.05, 0) is 12.1 Å². The number of rotatable bonds is 3. The molecule has 1 aromatic carbocycles. The molecule has 28 heavy (non-hydrogen) atoms. The van der Waals surface area contributed by atoms with Gasteiger partial charge in [-0.1, -0.05) is 12.6 Å². The van der Waals surface area contributed by atoms with Crippen LogP contribution in [0.25, 0.3) is 16.0 Å². The monoisotopic (exact) mass is 382 g/mol. The minimum atomic E-state index is -0.611. The number of fused-ring (bicyclic) bond motifs is 3. The van der Waals surface area contributed by atoms with E-state index in [1.54, 1.807) is 6.07 Å². The summed E-state index contributed by atoms with van der Waals surface area (Å²) in [6.45, 7) is 8.62. The Labute approximate surface area is 159 Å². The number of hydrogen-bond acceptors (Lipinski definition) is 5. The number of hydrogen-bond donors (Lipinski definition) is 1. The minimum absolute atomic E-state index is 0.153. The number of benzene rings is 1. The SMILES string of the molecule is [C-]#[N+]c1ccc(-c2cc3c(cc2F)N2C(=O)O[C@@H](CNC(C)=O)[C@@H]2CO3)cn1. The Hall–Kier alpha value is -3.67. The summed E-state index contributed by atoms with van der Waals surface area (Å²) in [6.07, 6.45) is 0.218. The first-order valence-corrected chi connectivity index (χ1v) is 8.52. The summed E-state index contributed by atoms with van der Waals surface area (Å²) in [5, 5.41) is 2.62. The average Bonchev–Trinajstić information content (AvgIpc) is 3.02. The highest BCUT2D eigenvalue weighted by molar-refractivity contribution is 5.94. The molecule has 1 aromatic heterocycles. The Morgan fingerprint density at radius 1 is 1.46 bits per heavy atom. The van der Waals surface area contributed by atoms with Crippen molar-refractivity contribution in [3.63, 3.8) is 0 Å². The summed E-state index contributed by atoms with van der Waals surface area (Å²) >= 11 is 0. The van der Waals surface area contributed by atoms with Gasteiger partial charge in [0.05, 0.1) is 12.2 Å². The van der Waals surface area contributed by atoms with Crippen LogP contribution in [0.2, 0.25) is 0 Å². The van der Waals surface area contributed by atoms with Gasteiger partial charge in [0.2, 0.25) is 5.91 Å². The fourth-order valence-corrected chi connectivity index (χ4v) is 3.30. The minimum Gasteiger partial charge on any atom is -0.489 e. The Morgan fingerprint density at radius 2 is 2.29 bits per heavy atom. The number of anilines is 1. The molecule has 0 bridgehead atoms. The molecule has 3 heterocycles. The number of ether oxygens (including phenoxy) is 2. The van der Waals surface area contributed by atoms with Crippen molar-refractivity contribution in [3.05, 3.63) is 47.7 Å². The third-order valence-corrected chi connectivity index (χ3v) is 4.65. The lowest BCUT2D eigenvalue weighted by atomic mass is 10.0. The van der Waals surface area contributed by atoms with Crippen molar-refractivity contribution in [2.45, 2.75) is 19.1 Å². The molecule has 4 rings (SSSR count). The van der Waals surface area contributed by atoms with Crippen LogP contribution in [0.15, 0.2) is 30.5 Å². The van der Waals surface area contributed by atoms with Gasteiger partial charge in [-0.2, -0.15) is 0 Å². The molecule has 2 aromatic rings. The van der Waals surface area contributed by atoms with E-state index in [-0.39, 0.29) is 36.1 Å². The van der Waals surface area contributed by atoms with Gasteiger partial charge in [-0.15, -0.1) is 4.98 Å². The van der Waals surface area contributed by atoms with Crippen molar-refractivity contribution in [2.24, 2.45) is 0 Å². The van der Waals surface area contributed by atoms with Crippen LogP contribution < -0.4 is 15.0 Å². The highest BCUT2D eigenvalue weighted by atomic mass is 19.1. The average molecular weight is 382 g/mol. The Morgan fingerprint density at radius 3 is 2.96 bits per heavy atom. The Balaban J connectivity index is 1.66. The topological polar surface area (TPSA) is 85.1 Å². The Kier molecular flexibility index (Phi) is 4.31. The molecule has 0 spiro atoms. The van der Waals surface area contributed by atoms with E-state index in [1.807, 2.05) is 0 Å². The normalized spacial score (nSPS) is 19.8. The molecular weight excluding hydrogens is 367 g/mol. The van der Waals surface area contributed by atoms with E-state index in [9.17, 15) is 14.0 Å². The summed E-state index contributed by atoms with van der Waals surface area (Å²) in [5.74, 6) is -0.233. The van der Waals surface area contributed by atoms with Gasteiger partial charge in [0, 0.05) is 24.1 Å². The van der Waals surface area contributed by atoms with Gasteiger partial charge >= 0.3 is 6.09 Å². The van der Waals surface area contributed by atoms with Crippen LogP contribution in [0.1, 0.15) is 6.92 Å². The molecule has 0 unspecified atom stereocenters. The van der Waals surface area contributed by atoms with Gasteiger partial charge in [0.1, 0.15) is 36.5 Å². The molecule has 1 fully saturated rings. The summed E-state index contributed by atoms with van der Waals surface area (Å²) in [4.78, 5) is 32.0. The molecule has 2 aliphatic heterocycles. The van der Waals surface area contributed by atoms with Gasteiger partial charge < -0.3 is 19.6 Å². The molecule has 0 saturated carbocycles. The number of cyclic esters (lactones) is 1. The third kappa shape index (κ3) is 2.99. The van der Waals surface area contributed by atoms with Crippen molar-refractivity contribution in [1.82, 2.24) is 10.3 Å². The summed E-state index contributed by atoms with van der Waals surface area (Å²) in [5.41, 5.74) is 1.02. The first kappa shape index (κ1) is 17.7. The van der Waals surface area contributed by atoms with Crippen LogP contribution in [-0.4, -0.2) is 42.3 Å². The summed E-state index contributed by atoms with van der Waals surface area (Å²) in [6, 6.07) is 5.37. The molecule has 142 valence electrons. The zero-order chi connectivity index (χ0) is 19.8. The second-order valence-corrected chi connectivity index (χ2v) is 6.42. The molecule has 1 N–H and O–H groups in total. The Bertz CT molecular complexity index is 1000. The van der Waals surface area contributed by atoms with Gasteiger partial charge in [-0.25, -0.2) is 9.18 Å². The second-order valence-electron chi connectivity index (χ2n) is 6.42. The number of carbonyl (C=O) groups excluding carboxylic acids is 2. The number of pyridine rings is 1. The van der Waals surface area contributed by atoms with Crippen LogP contribution in [0, 0.1) is 12.4 Å². The maximum Gasteiger partial charge on any atom is 0.415 e. The molecule has 0 aliphatic carbocycles. The first-order chi connectivity index (χ1) is 13.5. The fourth-order valence-electron chi connectivity index (χ4n) is 3.30. The van der Waals surface area contributed by atoms with Gasteiger partial charge in [0.15, 0.2) is 0 Å². The van der Waals surface area contributed by atoms with Crippen molar-refractivity contribution < 1.29 is 23.5 Å². The van der Waals surface area contributed by atoms with Crippen molar-refractivity contribution in [1.29, 1.82) is 0 Å². The number of aromatic nitrogens is 1. The highest BCUT2D eigenvalue weighted by Crippen LogP contribution is 2.42. The number of nitrogens with zero attached hydrogens (tertiary/aromatic N) is 3. The van der Waals surface area contributed by atoms with E-state index >= 15 is 0 Å². The number of carbonyl (C=O) groups is 2. The zero-order valence-electron chi connectivity index (χ0n) is 14.8. The standard InChI is InChI=1S/C19H15FN4O4/c1-10(25)22-8-17-15-9-27-16-5-12(11-3-4-18(21-2)23-7-11)13(20)6-14(16)24(15)19(26)28-17/h3-7,15,17H,8-9H2,1H3,(H,22,25)/t15-,17-/m0/s1. The molecule has 1 saturated heterocycles. The van der Waals surface area contributed by atoms with Crippen molar-refractivity contribution in [2.75, 3.05) is 18.1 Å². The maximum absolute atomic E-state index is 14.8. The van der Waals surface area contributed by atoms with Crippen LogP contribution in [-0.2, 0) is 9.53 Å². The fraction of sp³-hybridized carbons (Fsp3) is 0.263. The lowest BCUT2D eigenvalue weighted by Gasteiger charge is -2.31. The first-order valence-electron chi connectivity index (χ1n) is 8.52. The largest absolute Gasteiger partial charge is 0.489 e. The van der Waals surface area contributed by atoms with E-state index < -0.39 is 24.1 Å². The maximum atomic E-state index is 14.8. The molecule has 2 atom stereocenters. The number of nitrogens with one attached hydrogen (secondary N) is 1. The smallest absolute Gasteiger partial charge is 0.415 e. The number of halogens is 1. The van der Waals surface area contributed by atoms with Crippen LogP contribution in [0.4, 0.5) is 20.7 Å². The lowest BCUT2D eigenvalue weighted by molar-refractivity contribution is -0.119. The predicted octanol–water partition coefficient (Wildman–Crippen LogP) is 2.66. The van der Waals surface area contributed by atoms with Crippen LogP contribution in [0.5, 0.6) is 5.75 Å². The summed E-state index contributed by atoms with van der Waals surface area (Å²) in [7, 11) is 0. The lowest BCUT2D eigenvalue weighted by Crippen LogP contribution is -2.47. The summed E-state index contributed by atoms with van der Waals surface area (Å²) < 4.78 is 25.9. The molecule has 2 aliphatic rings. The molecule has 0 radical (unpaired) electrons. The van der Waals surface area contributed by atoms with E-state index in [0.29, 0.717) is 11.3 Å². The van der Waals surface area contributed by atoms with E-state index in [1.165, 1.54) is 36.2 Å². The van der Waals surface area contributed by atoms with Gasteiger partial charge in [0.25, 0.3) is 5.82 Å². The predicted molar refractivity (Wildman–Crippen MR) is 96.6 cm³/mol. The quantitative estimate of drug-likeness (QED) is 0.825. The molecular formula is C19H15FN4O4. The highest BCUT2D eigenvalue weighted by Gasteiger charge is 2.46. The van der Waals surface area contributed by atoms with E-state index in [4.69, 9.17) is 16.0 Å². The van der Waals surface area contributed by atoms with E-state index in [2.05, 4.69) is 15.1 Å². The van der Waals surface area contributed by atoms with Gasteiger partial charge in [-0.3, -0.25) is 9.69 Å². The molecule has 2 amide bonds. The zero-order valence-corrected chi connectivity index (χ0v) is 14.8. The van der Waals surface area contributed by atoms with Crippen LogP contribution in [0.3, 0.4) is 0 Å². The molecule has 9 heteroatoms. The number of amides is 2. The molecule has 8 nitrogen and oxygen atoms in total. The van der Waals surface area contributed by atoms with Crippen molar-refractivity contribution in [3.8, 4) is 16.9 Å². The third-order valence-electron chi connectivity index (χ3n) is 4.65. The van der Waals surface area contributed by atoms with Crippen LogP contribution >= 0.6 is 0 Å². The van der Waals surface area contributed by atoms with E-state index in [0.717, 1.165) is 0 Å². The van der Waals surface area contributed by atoms with Crippen molar-refractivity contribution >= 4 is 23.5 Å².